The van der Waals surface area contributed by atoms with Crippen LogP contribution in [0.5, 0.6) is 0 Å². The van der Waals surface area contributed by atoms with E-state index in [4.69, 9.17) is 11.6 Å². The fraction of sp³-hybridized carbons (Fsp3) is 0.538. The molecular formula is C13H17ClN2. The summed E-state index contributed by atoms with van der Waals surface area (Å²) in [5.41, 5.74) is 2.59. The Morgan fingerprint density at radius 3 is 3.19 bits per heavy atom. The molecule has 1 aromatic carbocycles. The molecule has 0 saturated heterocycles. The molecule has 0 bridgehead atoms. The summed E-state index contributed by atoms with van der Waals surface area (Å²) in [6.07, 6.45) is 3.89. The fourth-order valence-corrected chi connectivity index (χ4v) is 3.23. The first-order valence-electron chi connectivity index (χ1n) is 5.98. The maximum absolute atomic E-state index is 6.21. The summed E-state index contributed by atoms with van der Waals surface area (Å²) in [7, 11) is 0. The molecule has 2 unspecified atom stereocenters. The lowest BCUT2D eigenvalue weighted by Gasteiger charge is -2.29. The third-order valence-corrected chi connectivity index (χ3v) is 4.41. The number of halogens is 1. The molecule has 3 rings (SSSR count). The second-order valence-corrected chi connectivity index (χ2v) is 5.67. The Labute approximate surface area is 101 Å². The number of hydrogen-bond donors (Lipinski definition) is 2. The topological polar surface area (TPSA) is 24.1 Å². The summed E-state index contributed by atoms with van der Waals surface area (Å²) in [5.74, 6) is 0. The van der Waals surface area contributed by atoms with Gasteiger partial charge in [-0.3, -0.25) is 0 Å². The number of benzene rings is 1. The third kappa shape index (κ3) is 1.47. The summed E-state index contributed by atoms with van der Waals surface area (Å²) in [6, 6.07) is 6.64. The Kier molecular flexibility index (Phi) is 2.28. The number of fused-ring (bicyclic) bond motifs is 2. The molecule has 0 amide bonds. The first-order chi connectivity index (χ1) is 7.69. The van der Waals surface area contributed by atoms with Crippen molar-refractivity contribution in [1.29, 1.82) is 0 Å². The van der Waals surface area contributed by atoms with Gasteiger partial charge in [-0.15, -0.1) is 0 Å². The van der Waals surface area contributed by atoms with Crippen LogP contribution in [0.15, 0.2) is 18.2 Å². The molecule has 1 saturated carbocycles. The van der Waals surface area contributed by atoms with Crippen LogP contribution in [-0.2, 0) is 0 Å². The summed E-state index contributed by atoms with van der Waals surface area (Å²) in [4.78, 5) is 0. The zero-order chi connectivity index (χ0) is 11.2. The van der Waals surface area contributed by atoms with Gasteiger partial charge < -0.3 is 10.6 Å². The van der Waals surface area contributed by atoms with Crippen LogP contribution in [0.25, 0.3) is 0 Å². The van der Waals surface area contributed by atoms with Crippen LogP contribution >= 0.6 is 11.6 Å². The van der Waals surface area contributed by atoms with Crippen LogP contribution in [0.4, 0.5) is 11.4 Å². The van der Waals surface area contributed by atoms with Crippen molar-refractivity contribution in [2.75, 3.05) is 17.2 Å². The van der Waals surface area contributed by atoms with Gasteiger partial charge in [-0.2, -0.15) is 0 Å². The van der Waals surface area contributed by atoms with E-state index in [1.54, 1.807) is 0 Å². The average molecular weight is 237 g/mol. The molecular weight excluding hydrogens is 220 g/mol. The maximum atomic E-state index is 6.21. The van der Waals surface area contributed by atoms with Gasteiger partial charge in [0.1, 0.15) is 0 Å². The molecule has 3 heteroatoms. The van der Waals surface area contributed by atoms with Crippen molar-refractivity contribution < 1.29 is 0 Å². The van der Waals surface area contributed by atoms with Gasteiger partial charge in [-0.1, -0.05) is 31.0 Å². The standard InChI is InChI=1S/C13H17ClN2/c1-13-7-3-6-11(13)16-10-5-2-4-9(14)12(10)15-8-13/h2,4-5,11,15-16H,3,6-8H2,1H3. The van der Waals surface area contributed by atoms with E-state index in [-0.39, 0.29) is 0 Å². The van der Waals surface area contributed by atoms with Crippen LogP contribution in [0, 0.1) is 5.41 Å². The van der Waals surface area contributed by atoms with Crippen molar-refractivity contribution in [2.45, 2.75) is 32.2 Å². The van der Waals surface area contributed by atoms with Crippen molar-refractivity contribution in [3.05, 3.63) is 23.2 Å². The van der Waals surface area contributed by atoms with Crippen LogP contribution in [0.2, 0.25) is 5.02 Å². The Bertz CT molecular complexity index is 418. The molecule has 1 fully saturated rings. The third-order valence-electron chi connectivity index (χ3n) is 4.09. The number of rotatable bonds is 0. The van der Waals surface area contributed by atoms with Crippen molar-refractivity contribution in [3.8, 4) is 0 Å². The Morgan fingerprint density at radius 1 is 1.44 bits per heavy atom. The second-order valence-electron chi connectivity index (χ2n) is 5.26. The van der Waals surface area contributed by atoms with Gasteiger partial charge in [0, 0.05) is 18.0 Å². The minimum Gasteiger partial charge on any atom is -0.382 e. The zero-order valence-corrected chi connectivity index (χ0v) is 10.3. The first-order valence-corrected chi connectivity index (χ1v) is 6.36. The molecule has 2 atom stereocenters. The lowest BCUT2D eigenvalue weighted by atomic mass is 9.85. The Hall–Kier alpha value is -0.890. The van der Waals surface area contributed by atoms with Crippen molar-refractivity contribution >= 4 is 23.0 Å². The Morgan fingerprint density at radius 2 is 2.31 bits per heavy atom. The van der Waals surface area contributed by atoms with Gasteiger partial charge in [0.25, 0.3) is 0 Å². The van der Waals surface area contributed by atoms with E-state index in [9.17, 15) is 0 Å². The van der Waals surface area contributed by atoms with Crippen LogP contribution in [-0.4, -0.2) is 12.6 Å². The van der Waals surface area contributed by atoms with E-state index in [0.29, 0.717) is 11.5 Å². The van der Waals surface area contributed by atoms with Gasteiger partial charge in [-0.25, -0.2) is 0 Å². The molecule has 0 spiro atoms. The molecule has 1 aliphatic carbocycles. The smallest absolute Gasteiger partial charge is 0.0765 e. The highest BCUT2D eigenvalue weighted by Gasteiger charge is 2.40. The lowest BCUT2D eigenvalue weighted by molar-refractivity contribution is 0.335. The quantitative estimate of drug-likeness (QED) is 0.717. The number of para-hydroxylation sites is 1. The van der Waals surface area contributed by atoms with Gasteiger partial charge in [0.2, 0.25) is 0 Å². The lowest BCUT2D eigenvalue weighted by Crippen LogP contribution is -2.36. The fourth-order valence-electron chi connectivity index (χ4n) is 2.99. The normalized spacial score (nSPS) is 32.0. The minimum absolute atomic E-state index is 0.363. The summed E-state index contributed by atoms with van der Waals surface area (Å²) < 4.78 is 0. The molecule has 1 aliphatic heterocycles. The minimum atomic E-state index is 0.363. The maximum Gasteiger partial charge on any atom is 0.0765 e. The van der Waals surface area contributed by atoms with Gasteiger partial charge in [0.15, 0.2) is 0 Å². The summed E-state index contributed by atoms with van der Waals surface area (Å²) in [5, 5.41) is 7.98. The van der Waals surface area contributed by atoms with Crippen LogP contribution in [0.3, 0.4) is 0 Å². The summed E-state index contributed by atoms with van der Waals surface area (Å²) in [6.45, 7) is 3.38. The van der Waals surface area contributed by atoms with Crippen LogP contribution < -0.4 is 10.6 Å². The highest BCUT2D eigenvalue weighted by Crippen LogP contribution is 2.44. The average Bonchev–Trinajstić information content (AvgIpc) is 2.53. The second kappa shape index (κ2) is 3.56. The van der Waals surface area contributed by atoms with Crippen LogP contribution in [0.1, 0.15) is 26.2 Å². The van der Waals surface area contributed by atoms with Crippen molar-refractivity contribution in [1.82, 2.24) is 0 Å². The van der Waals surface area contributed by atoms with Crippen molar-refractivity contribution in [3.63, 3.8) is 0 Å². The van der Waals surface area contributed by atoms with E-state index in [1.165, 1.54) is 19.3 Å². The molecule has 0 aromatic heterocycles. The largest absolute Gasteiger partial charge is 0.382 e. The SMILES string of the molecule is CC12CCCC1Nc1cccc(Cl)c1NC2. The van der Waals surface area contributed by atoms with Gasteiger partial charge >= 0.3 is 0 Å². The monoisotopic (exact) mass is 236 g/mol. The van der Waals surface area contributed by atoms with E-state index >= 15 is 0 Å². The summed E-state index contributed by atoms with van der Waals surface area (Å²) >= 11 is 6.21. The van der Waals surface area contributed by atoms with Gasteiger partial charge in [0.05, 0.1) is 16.4 Å². The molecule has 1 aromatic rings. The highest BCUT2D eigenvalue weighted by molar-refractivity contribution is 6.34. The van der Waals surface area contributed by atoms with E-state index in [1.807, 2.05) is 12.1 Å². The number of nitrogens with one attached hydrogen (secondary N) is 2. The molecule has 86 valence electrons. The Balaban J connectivity index is 2.00. The number of hydrogen-bond acceptors (Lipinski definition) is 2. The van der Waals surface area contributed by atoms with Gasteiger partial charge in [-0.05, 0) is 25.0 Å². The zero-order valence-electron chi connectivity index (χ0n) is 9.52. The molecule has 1 heterocycles. The predicted octanol–water partition coefficient (Wildman–Crippen LogP) is 3.74. The molecule has 0 radical (unpaired) electrons. The molecule has 2 aliphatic rings. The number of anilines is 2. The molecule has 2 nitrogen and oxygen atoms in total. The highest BCUT2D eigenvalue weighted by atomic mass is 35.5. The van der Waals surface area contributed by atoms with E-state index < -0.39 is 0 Å². The van der Waals surface area contributed by atoms with E-state index in [2.05, 4.69) is 23.6 Å². The van der Waals surface area contributed by atoms with E-state index in [0.717, 1.165) is 22.9 Å². The molecule has 2 N–H and O–H groups in total. The predicted molar refractivity (Wildman–Crippen MR) is 69.3 cm³/mol. The van der Waals surface area contributed by atoms with Crippen molar-refractivity contribution in [2.24, 2.45) is 5.41 Å². The molecule has 16 heavy (non-hydrogen) atoms. The first kappa shape index (κ1) is 10.3.